The number of ether oxygens (including phenoxy) is 1. The van der Waals surface area contributed by atoms with Crippen molar-refractivity contribution in [1.82, 2.24) is 5.32 Å². The lowest BCUT2D eigenvalue weighted by atomic mass is 10.0. The van der Waals surface area contributed by atoms with Gasteiger partial charge in [0.15, 0.2) is 0 Å². The van der Waals surface area contributed by atoms with E-state index in [9.17, 15) is 4.79 Å². The highest BCUT2D eigenvalue weighted by atomic mass is 35.5. The summed E-state index contributed by atoms with van der Waals surface area (Å²) in [6.45, 7) is 2.48. The third-order valence-electron chi connectivity index (χ3n) is 2.27. The minimum absolute atomic E-state index is 0.207. The molecule has 1 unspecified atom stereocenters. The molecule has 0 radical (unpaired) electrons. The number of cyclic esters (lactones) is 1. The van der Waals surface area contributed by atoms with E-state index in [1.54, 1.807) is 0 Å². The minimum Gasteiger partial charge on any atom is -0.439 e. The van der Waals surface area contributed by atoms with Gasteiger partial charge in [0, 0.05) is 5.02 Å². The van der Waals surface area contributed by atoms with Gasteiger partial charge in [-0.25, -0.2) is 4.79 Å². The summed E-state index contributed by atoms with van der Waals surface area (Å²) in [7, 11) is 0. The molecule has 1 aromatic carbocycles. The van der Waals surface area contributed by atoms with Gasteiger partial charge in [0.2, 0.25) is 0 Å². The molecule has 1 aliphatic rings. The smallest absolute Gasteiger partial charge is 0.407 e. The quantitative estimate of drug-likeness (QED) is 0.775. The second kappa shape index (κ2) is 3.50. The molecule has 1 amide bonds. The molecule has 1 N–H and O–H groups in total. The van der Waals surface area contributed by atoms with Crippen LogP contribution in [0.3, 0.4) is 0 Å². The Morgan fingerprint density at radius 3 is 3.00 bits per heavy atom. The van der Waals surface area contributed by atoms with E-state index in [0.29, 0.717) is 11.6 Å². The number of hydrogen-bond donors (Lipinski definition) is 1. The summed E-state index contributed by atoms with van der Waals surface area (Å²) in [4.78, 5) is 10.9. The maximum Gasteiger partial charge on any atom is 0.407 e. The molecule has 1 heterocycles. The van der Waals surface area contributed by atoms with Gasteiger partial charge >= 0.3 is 6.09 Å². The number of hydrogen-bond acceptors (Lipinski definition) is 2. The molecule has 1 aromatic rings. The predicted molar refractivity (Wildman–Crippen MR) is 53.4 cm³/mol. The van der Waals surface area contributed by atoms with Gasteiger partial charge in [-0.2, -0.15) is 0 Å². The first kappa shape index (κ1) is 9.34. The fourth-order valence-corrected chi connectivity index (χ4v) is 1.70. The van der Waals surface area contributed by atoms with E-state index in [4.69, 9.17) is 16.3 Å². The number of rotatable bonds is 1. The van der Waals surface area contributed by atoms with Crippen LogP contribution in [-0.2, 0) is 4.74 Å². The zero-order valence-electron chi connectivity index (χ0n) is 7.71. The van der Waals surface area contributed by atoms with Crippen LogP contribution < -0.4 is 5.32 Å². The average Bonchev–Trinajstić information content (AvgIpc) is 2.56. The first-order valence-electron chi connectivity index (χ1n) is 4.37. The van der Waals surface area contributed by atoms with Gasteiger partial charge in [-0.1, -0.05) is 17.7 Å². The molecule has 2 rings (SSSR count). The molecule has 3 nitrogen and oxygen atoms in total. The number of aryl methyl sites for hydroxylation is 1. The zero-order valence-corrected chi connectivity index (χ0v) is 8.47. The molecule has 0 aliphatic carbocycles. The Morgan fingerprint density at radius 1 is 1.57 bits per heavy atom. The highest BCUT2D eigenvalue weighted by Crippen LogP contribution is 2.26. The van der Waals surface area contributed by atoms with Crippen LogP contribution in [0, 0.1) is 6.92 Å². The largest absolute Gasteiger partial charge is 0.439 e. The molecule has 0 aromatic heterocycles. The molecule has 4 heteroatoms. The van der Waals surface area contributed by atoms with Gasteiger partial charge in [0.25, 0.3) is 0 Å². The van der Waals surface area contributed by atoms with Crippen molar-refractivity contribution >= 4 is 17.7 Å². The monoisotopic (exact) mass is 211 g/mol. The fraction of sp³-hybridized carbons (Fsp3) is 0.300. The summed E-state index contributed by atoms with van der Waals surface area (Å²) in [5, 5.41) is 3.27. The summed E-state index contributed by atoms with van der Waals surface area (Å²) in [5.41, 5.74) is 2.05. The third kappa shape index (κ3) is 1.68. The van der Waals surface area contributed by atoms with Crippen molar-refractivity contribution in [2.45, 2.75) is 13.0 Å². The SMILES string of the molecule is Cc1ccc(Cl)cc1C1CNC(=O)O1. The Bertz CT molecular complexity index is 378. The molecular formula is C10H10ClNO2. The van der Waals surface area contributed by atoms with E-state index < -0.39 is 0 Å². The predicted octanol–water partition coefficient (Wildman–Crippen LogP) is 2.43. The summed E-state index contributed by atoms with van der Waals surface area (Å²) < 4.78 is 5.07. The molecule has 1 fully saturated rings. The highest BCUT2D eigenvalue weighted by Gasteiger charge is 2.25. The lowest BCUT2D eigenvalue weighted by Crippen LogP contribution is -2.12. The molecule has 1 aliphatic heterocycles. The number of halogens is 1. The van der Waals surface area contributed by atoms with Crippen LogP contribution in [0.25, 0.3) is 0 Å². The number of nitrogens with one attached hydrogen (secondary N) is 1. The van der Waals surface area contributed by atoms with E-state index in [1.165, 1.54) is 0 Å². The standard InChI is InChI=1S/C10H10ClNO2/c1-6-2-3-7(11)4-8(6)9-5-12-10(13)14-9/h2-4,9H,5H2,1H3,(H,12,13). The van der Waals surface area contributed by atoms with Crippen LogP contribution >= 0.6 is 11.6 Å². The average molecular weight is 212 g/mol. The fourth-order valence-electron chi connectivity index (χ4n) is 1.52. The van der Waals surface area contributed by atoms with E-state index in [-0.39, 0.29) is 12.2 Å². The highest BCUT2D eigenvalue weighted by molar-refractivity contribution is 6.30. The lowest BCUT2D eigenvalue weighted by molar-refractivity contribution is 0.141. The van der Waals surface area contributed by atoms with Crippen molar-refractivity contribution in [2.24, 2.45) is 0 Å². The number of carbonyl (C=O) groups excluding carboxylic acids is 1. The summed E-state index contributed by atoms with van der Waals surface area (Å²) in [6.07, 6.45) is -0.574. The van der Waals surface area contributed by atoms with Gasteiger partial charge < -0.3 is 10.1 Å². The van der Waals surface area contributed by atoms with E-state index in [1.807, 2.05) is 25.1 Å². The molecular weight excluding hydrogens is 202 g/mol. The molecule has 0 bridgehead atoms. The van der Waals surface area contributed by atoms with Gasteiger partial charge in [0.1, 0.15) is 6.10 Å². The maximum absolute atomic E-state index is 10.9. The van der Waals surface area contributed by atoms with Crippen LogP contribution in [0.1, 0.15) is 17.2 Å². The Hall–Kier alpha value is -1.22. The number of carbonyl (C=O) groups is 1. The third-order valence-corrected chi connectivity index (χ3v) is 2.50. The van der Waals surface area contributed by atoms with Crippen molar-refractivity contribution < 1.29 is 9.53 Å². The Balaban J connectivity index is 2.31. The second-order valence-corrected chi connectivity index (χ2v) is 3.71. The second-order valence-electron chi connectivity index (χ2n) is 3.28. The maximum atomic E-state index is 10.9. The Kier molecular flexibility index (Phi) is 2.33. The lowest BCUT2D eigenvalue weighted by Gasteiger charge is -2.11. The van der Waals surface area contributed by atoms with E-state index in [2.05, 4.69) is 5.32 Å². The molecule has 0 saturated carbocycles. The normalized spacial score (nSPS) is 20.4. The summed E-state index contributed by atoms with van der Waals surface area (Å²) in [5.74, 6) is 0. The topological polar surface area (TPSA) is 38.3 Å². The first-order chi connectivity index (χ1) is 6.66. The van der Waals surface area contributed by atoms with Crippen molar-refractivity contribution in [3.8, 4) is 0 Å². The summed E-state index contributed by atoms with van der Waals surface area (Å²) >= 11 is 5.87. The molecule has 1 atom stereocenters. The zero-order chi connectivity index (χ0) is 10.1. The van der Waals surface area contributed by atoms with Crippen LogP contribution in [0.4, 0.5) is 4.79 Å². The summed E-state index contributed by atoms with van der Waals surface area (Å²) in [6, 6.07) is 5.58. The van der Waals surface area contributed by atoms with Gasteiger partial charge in [-0.05, 0) is 30.2 Å². The number of benzene rings is 1. The molecule has 74 valence electrons. The van der Waals surface area contributed by atoms with E-state index >= 15 is 0 Å². The molecule has 0 spiro atoms. The van der Waals surface area contributed by atoms with Crippen molar-refractivity contribution in [1.29, 1.82) is 0 Å². The van der Waals surface area contributed by atoms with Crippen LogP contribution in [0.5, 0.6) is 0 Å². The molecule has 1 saturated heterocycles. The van der Waals surface area contributed by atoms with Crippen LogP contribution in [-0.4, -0.2) is 12.6 Å². The number of amides is 1. The number of alkyl carbamates (subject to hydrolysis) is 1. The van der Waals surface area contributed by atoms with Crippen LogP contribution in [0.15, 0.2) is 18.2 Å². The van der Waals surface area contributed by atoms with Gasteiger partial charge in [-0.15, -0.1) is 0 Å². The minimum atomic E-state index is -0.366. The van der Waals surface area contributed by atoms with Gasteiger partial charge in [0.05, 0.1) is 6.54 Å². The van der Waals surface area contributed by atoms with Crippen molar-refractivity contribution in [3.05, 3.63) is 34.3 Å². The van der Waals surface area contributed by atoms with Crippen molar-refractivity contribution in [3.63, 3.8) is 0 Å². The van der Waals surface area contributed by atoms with Crippen molar-refractivity contribution in [2.75, 3.05) is 6.54 Å². The first-order valence-corrected chi connectivity index (χ1v) is 4.75. The Labute approximate surface area is 87.0 Å². The van der Waals surface area contributed by atoms with E-state index in [0.717, 1.165) is 11.1 Å². The van der Waals surface area contributed by atoms with Gasteiger partial charge in [-0.3, -0.25) is 0 Å². The Morgan fingerprint density at radius 2 is 2.36 bits per heavy atom. The van der Waals surface area contributed by atoms with Crippen LogP contribution in [0.2, 0.25) is 5.02 Å². The molecule has 14 heavy (non-hydrogen) atoms.